The number of carbonyl (C=O) groups excluding carboxylic acids is 1. The molecule has 1 aromatic rings. The average Bonchev–Trinajstić information content (AvgIpc) is 3.06. The number of amides is 1. The van der Waals surface area contributed by atoms with E-state index in [-0.39, 0.29) is 18.1 Å². The number of hydrogen-bond acceptors (Lipinski definition) is 3. The molecule has 2 aliphatic rings. The molecule has 1 aromatic carbocycles. The molecule has 2 atom stereocenters. The van der Waals surface area contributed by atoms with Crippen LogP contribution in [-0.2, 0) is 33.7 Å². The van der Waals surface area contributed by atoms with Gasteiger partial charge in [0.2, 0.25) is 5.91 Å². The zero-order valence-corrected chi connectivity index (χ0v) is 13.8. The SMILES string of the molecule is C=CC(=O)N(Cc1ccc2c(c1)CCC2)[C@@H]1COCC[C@H]1OC. The van der Waals surface area contributed by atoms with Gasteiger partial charge in [-0.05, 0) is 48.4 Å². The minimum absolute atomic E-state index is 0.0158. The third-order valence-electron chi connectivity index (χ3n) is 4.94. The van der Waals surface area contributed by atoms with E-state index in [9.17, 15) is 4.79 Å². The van der Waals surface area contributed by atoms with Gasteiger partial charge >= 0.3 is 0 Å². The van der Waals surface area contributed by atoms with Gasteiger partial charge < -0.3 is 14.4 Å². The molecule has 4 nitrogen and oxygen atoms in total. The van der Waals surface area contributed by atoms with E-state index in [2.05, 4.69) is 24.8 Å². The Bertz CT molecular complexity index is 584. The predicted molar refractivity (Wildman–Crippen MR) is 89.2 cm³/mol. The van der Waals surface area contributed by atoms with Crippen LogP contribution in [0.2, 0.25) is 0 Å². The molecule has 1 aliphatic carbocycles. The van der Waals surface area contributed by atoms with E-state index in [1.54, 1.807) is 7.11 Å². The zero-order chi connectivity index (χ0) is 16.2. The van der Waals surface area contributed by atoms with Crippen LogP contribution in [0.1, 0.15) is 29.5 Å². The van der Waals surface area contributed by atoms with Crippen LogP contribution in [0.3, 0.4) is 0 Å². The summed E-state index contributed by atoms with van der Waals surface area (Å²) in [5.41, 5.74) is 4.05. The van der Waals surface area contributed by atoms with Crippen molar-refractivity contribution >= 4 is 5.91 Å². The maximum atomic E-state index is 12.4. The van der Waals surface area contributed by atoms with Crippen LogP contribution in [0.4, 0.5) is 0 Å². The number of fused-ring (bicyclic) bond motifs is 1. The summed E-state index contributed by atoms with van der Waals surface area (Å²) in [7, 11) is 1.70. The lowest BCUT2D eigenvalue weighted by molar-refractivity contribution is -0.140. The third kappa shape index (κ3) is 3.48. The number of methoxy groups -OCH3 is 1. The fourth-order valence-corrected chi connectivity index (χ4v) is 3.66. The molecule has 0 radical (unpaired) electrons. The van der Waals surface area contributed by atoms with Crippen LogP contribution in [0, 0.1) is 0 Å². The molecule has 0 aromatic heterocycles. The highest BCUT2D eigenvalue weighted by atomic mass is 16.5. The molecule has 0 bridgehead atoms. The van der Waals surface area contributed by atoms with Gasteiger partial charge in [-0.3, -0.25) is 4.79 Å². The molecule has 0 N–H and O–H groups in total. The molecule has 0 saturated carbocycles. The van der Waals surface area contributed by atoms with Crippen LogP contribution in [-0.4, -0.2) is 43.3 Å². The largest absolute Gasteiger partial charge is 0.379 e. The molecule has 1 heterocycles. The minimum Gasteiger partial charge on any atom is -0.379 e. The van der Waals surface area contributed by atoms with E-state index in [1.807, 2.05) is 4.90 Å². The van der Waals surface area contributed by atoms with Gasteiger partial charge in [0.15, 0.2) is 0 Å². The summed E-state index contributed by atoms with van der Waals surface area (Å²) >= 11 is 0. The summed E-state index contributed by atoms with van der Waals surface area (Å²) in [6.07, 6.45) is 5.76. The number of ether oxygens (including phenoxy) is 2. The second-order valence-electron chi connectivity index (χ2n) is 6.33. The highest BCUT2D eigenvalue weighted by molar-refractivity contribution is 5.87. The smallest absolute Gasteiger partial charge is 0.246 e. The van der Waals surface area contributed by atoms with Crippen molar-refractivity contribution in [1.82, 2.24) is 4.90 Å². The maximum Gasteiger partial charge on any atom is 0.246 e. The van der Waals surface area contributed by atoms with Gasteiger partial charge in [-0.15, -0.1) is 0 Å². The molecule has 4 heteroatoms. The summed E-state index contributed by atoms with van der Waals surface area (Å²) < 4.78 is 11.2. The van der Waals surface area contributed by atoms with E-state index in [0.29, 0.717) is 19.8 Å². The van der Waals surface area contributed by atoms with Gasteiger partial charge in [-0.2, -0.15) is 0 Å². The number of aryl methyl sites for hydroxylation is 2. The maximum absolute atomic E-state index is 12.4. The molecule has 0 unspecified atom stereocenters. The topological polar surface area (TPSA) is 38.8 Å². The molecule has 0 spiro atoms. The highest BCUT2D eigenvalue weighted by Gasteiger charge is 2.33. The van der Waals surface area contributed by atoms with Crippen molar-refractivity contribution in [3.63, 3.8) is 0 Å². The van der Waals surface area contributed by atoms with Crippen molar-refractivity contribution in [1.29, 1.82) is 0 Å². The Kier molecular flexibility index (Phi) is 5.13. The Morgan fingerprint density at radius 1 is 1.43 bits per heavy atom. The molecule has 1 aliphatic heterocycles. The standard InChI is InChI=1S/C19H25NO3/c1-3-19(21)20(17-13-23-10-9-18(17)22-2)12-14-7-8-15-5-4-6-16(15)11-14/h3,7-8,11,17-18H,1,4-6,9-10,12-13H2,2H3/t17-,18-/m1/s1. The first kappa shape index (κ1) is 16.2. The van der Waals surface area contributed by atoms with Gasteiger partial charge in [-0.1, -0.05) is 24.8 Å². The summed E-state index contributed by atoms with van der Waals surface area (Å²) in [5.74, 6) is -0.0666. The van der Waals surface area contributed by atoms with Crippen LogP contribution in [0.15, 0.2) is 30.9 Å². The first-order valence-electron chi connectivity index (χ1n) is 8.37. The molecule has 1 saturated heterocycles. The Hall–Kier alpha value is -1.65. The summed E-state index contributed by atoms with van der Waals surface area (Å²) in [6.45, 7) is 5.43. The molecule has 23 heavy (non-hydrogen) atoms. The van der Waals surface area contributed by atoms with Crippen LogP contribution < -0.4 is 0 Å². The van der Waals surface area contributed by atoms with E-state index in [1.165, 1.54) is 35.6 Å². The highest BCUT2D eigenvalue weighted by Crippen LogP contribution is 2.25. The lowest BCUT2D eigenvalue weighted by Gasteiger charge is -2.38. The van der Waals surface area contributed by atoms with Gasteiger partial charge in [0.25, 0.3) is 0 Å². The second-order valence-corrected chi connectivity index (χ2v) is 6.33. The Morgan fingerprint density at radius 3 is 3.04 bits per heavy atom. The Labute approximate surface area is 138 Å². The third-order valence-corrected chi connectivity index (χ3v) is 4.94. The predicted octanol–water partition coefficient (Wildman–Crippen LogP) is 2.49. The van der Waals surface area contributed by atoms with Crippen LogP contribution >= 0.6 is 0 Å². The van der Waals surface area contributed by atoms with E-state index in [4.69, 9.17) is 9.47 Å². The second kappa shape index (κ2) is 7.28. The van der Waals surface area contributed by atoms with Crippen molar-refractivity contribution in [2.24, 2.45) is 0 Å². The molecule has 124 valence electrons. The van der Waals surface area contributed by atoms with E-state index < -0.39 is 0 Å². The Morgan fingerprint density at radius 2 is 2.26 bits per heavy atom. The summed E-state index contributed by atoms with van der Waals surface area (Å²) in [4.78, 5) is 14.3. The number of rotatable bonds is 5. The normalized spacial score (nSPS) is 23.3. The molecular weight excluding hydrogens is 290 g/mol. The lowest BCUT2D eigenvalue weighted by Crippen LogP contribution is -2.52. The fourth-order valence-electron chi connectivity index (χ4n) is 3.66. The summed E-state index contributed by atoms with van der Waals surface area (Å²) in [6, 6.07) is 6.53. The molecule has 3 rings (SSSR count). The fraction of sp³-hybridized carbons (Fsp3) is 0.526. The van der Waals surface area contributed by atoms with E-state index >= 15 is 0 Å². The van der Waals surface area contributed by atoms with Gasteiger partial charge in [0.1, 0.15) is 0 Å². The average molecular weight is 315 g/mol. The summed E-state index contributed by atoms with van der Waals surface area (Å²) in [5, 5.41) is 0. The minimum atomic E-state index is -0.0666. The van der Waals surface area contributed by atoms with Crippen molar-refractivity contribution in [3.05, 3.63) is 47.5 Å². The lowest BCUT2D eigenvalue weighted by atomic mass is 10.0. The molecular formula is C19H25NO3. The zero-order valence-electron chi connectivity index (χ0n) is 13.8. The molecule has 1 fully saturated rings. The van der Waals surface area contributed by atoms with Gasteiger partial charge in [0.05, 0.1) is 18.8 Å². The van der Waals surface area contributed by atoms with Crippen molar-refractivity contribution in [2.75, 3.05) is 20.3 Å². The quantitative estimate of drug-likeness (QED) is 0.784. The van der Waals surface area contributed by atoms with Gasteiger partial charge in [0, 0.05) is 20.3 Å². The van der Waals surface area contributed by atoms with E-state index in [0.717, 1.165) is 12.8 Å². The Balaban J connectivity index is 1.81. The number of hydrogen-bond donors (Lipinski definition) is 0. The number of benzene rings is 1. The monoisotopic (exact) mass is 315 g/mol. The number of carbonyl (C=O) groups is 1. The molecule has 1 amide bonds. The van der Waals surface area contributed by atoms with Crippen LogP contribution in [0.5, 0.6) is 0 Å². The van der Waals surface area contributed by atoms with Crippen molar-refractivity contribution < 1.29 is 14.3 Å². The first-order chi connectivity index (χ1) is 11.2. The van der Waals surface area contributed by atoms with Gasteiger partial charge in [-0.25, -0.2) is 0 Å². The van der Waals surface area contributed by atoms with Crippen LogP contribution in [0.25, 0.3) is 0 Å². The van der Waals surface area contributed by atoms with Crippen molar-refractivity contribution in [2.45, 2.75) is 44.4 Å². The first-order valence-corrected chi connectivity index (χ1v) is 8.37. The van der Waals surface area contributed by atoms with Crippen molar-refractivity contribution in [3.8, 4) is 0 Å². The number of nitrogens with zero attached hydrogens (tertiary/aromatic N) is 1.